The molecule has 0 bridgehead atoms. The lowest BCUT2D eigenvalue weighted by Crippen LogP contribution is -1.99. The molecule has 0 unspecified atom stereocenters. The maximum Gasteiger partial charge on any atom is 0.240 e. The van der Waals surface area contributed by atoms with Crippen LogP contribution in [-0.4, -0.2) is 13.1 Å². The minimum absolute atomic E-state index is 0.194. The fraction of sp³-hybridized carbons (Fsp3) is 1.00. The van der Waals surface area contributed by atoms with E-state index in [2.05, 4.69) is 0 Å². The Morgan fingerprint density at radius 3 is 1.18 bits per heavy atom. The Morgan fingerprint density at radius 2 is 1.18 bits per heavy atom. The summed E-state index contributed by atoms with van der Waals surface area (Å²) in [5, 5.41) is 0. The smallest absolute Gasteiger partial charge is 0.240 e. The van der Waals surface area contributed by atoms with Crippen molar-refractivity contribution >= 4 is 0 Å². The molecule has 70 valence electrons. The molecule has 0 heterocycles. The van der Waals surface area contributed by atoms with Crippen LogP contribution in [0, 0.1) is 11.8 Å². The zero-order valence-electron chi connectivity index (χ0n) is 7.57. The van der Waals surface area contributed by atoms with Gasteiger partial charge in [-0.3, -0.25) is 4.39 Å². The Morgan fingerprint density at radius 1 is 1.00 bits per heavy atom. The average molecular weight is 170 g/mol. The molecule has 0 atom stereocenters. The summed E-state index contributed by atoms with van der Waals surface area (Å²) in [7, 11) is 0. The number of halogens is 3. The number of hydrogen-bond acceptors (Lipinski definition) is 0. The summed E-state index contributed by atoms with van der Waals surface area (Å²) in [5.41, 5.74) is 0. The molecule has 0 aliphatic heterocycles. The summed E-state index contributed by atoms with van der Waals surface area (Å²) < 4.78 is 33.4. The maximum absolute atomic E-state index is 11.2. The SMILES string of the molecule is CC(C)C(F)F.CC(C)CF. The van der Waals surface area contributed by atoms with Crippen molar-refractivity contribution in [2.45, 2.75) is 34.1 Å². The molecule has 0 amide bonds. The summed E-state index contributed by atoms with van der Waals surface area (Å²) in [5.74, 6) is -0.264. The number of alkyl halides is 3. The van der Waals surface area contributed by atoms with Crippen LogP contribution in [0.5, 0.6) is 0 Å². The molecular weight excluding hydrogens is 153 g/mol. The molecular formula is C8H17F3. The third kappa shape index (κ3) is 17.7. The topological polar surface area (TPSA) is 0 Å². The van der Waals surface area contributed by atoms with Crippen molar-refractivity contribution in [2.75, 3.05) is 6.67 Å². The monoisotopic (exact) mass is 170 g/mol. The van der Waals surface area contributed by atoms with E-state index in [-0.39, 0.29) is 12.6 Å². The minimum atomic E-state index is -2.15. The summed E-state index contributed by atoms with van der Waals surface area (Å²) in [6, 6.07) is 0. The van der Waals surface area contributed by atoms with Gasteiger partial charge in [0.05, 0.1) is 6.67 Å². The number of rotatable bonds is 2. The first-order valence-electron chi connectivity index (χ1n) is 3.75. The normalized spacial score (nSPS) is 10.4. The van der Waals surface area contributed by atoms with E-state index >= 15 is 0 Å². The van der Waals surface area contributed by atoms with Gasteiger partial charge >= 0.3 is 0 Å². The molecule has 0 aliphatic rings. The van der Waals surface area contributed by atoms with Gasteiger partial charge in [-0.05, 0) is 5.92 Å². The Bertz CT molecular complexity index is 63.7. The first kappa shape index (κ1) is 13.4. The van der Waals surface area contributed by atoms with E-state index in [1.807, 2.05) is 13.8 Å². The van der Waals surface area contributed by atoms with Crippen LogP contribution in [0.2, 0.25) is 0 Å². The molecule has 11 heavy (non-hydrogen) atoms. The van der Waals surface area contributed by atoms with Crippen LogP contribution in [0.15, 0.2) is 0 Å². The second-order valence-electron chi connectivity index (χ2n) is 3.13. The standard InChI is InChI=1S/C4H8F2.C4H9F/c1-3(2)4(5)6;1-4(2)3-5/h3-4H,1-2H3;4H,3H2,1-2H3. The predicted molar refractivity (Wildman–Crippen MR) is 41.7 cm³/mol. The molecule has 0 spiro atoms. The van der Waals surface area contributed by atoms with Crippen molar-refractivity contribution in [3.8, 4) is 0 Å². The van der Waals surface area contributed by atoms with E-state index in [1.165, 1.54) is 13.8 Å². The number of hydrogen-bond donors (Lipinski definition) is 0. The van der Waals surface area contributed by atoms with Crippen molar-refractivity contribution < 1.29 is 13.2 Å². The van der Waals surface area contributed by atoms with Gasteiger partial charge in [0, 0.05) is 5.92 Å². The van der Waals surface area contributed by atoms with Gasteiger partial charge in [-0.25, -0.2) is 8.78 Å². The zero-order chi connectivity index (χ0) is 9.44. The van der Waals surface area contributed by atoms with Crippen molar-refractivity contribution in [1.29, 1.82) is 0 Å². The van der Waals surface area contributed by atoms with Gasteiger partial charge in [-0.1, -0.05) is 27.7 Å². The molecule has 0 aliphatic carbocycles. The van der Waals surface area contributed by atoms with Gasteiger partial charge in [-0.15, -0.1) is 0 Å². The molecule has 0 saturated carbocycles. The highest BCUT2D eigenvalue weighted by Gasteiger charge is 2.05. The van der Waals surface area contributed by atoms with Crippen LogP contribution in [0.1, 0.15) is 27.7 Å². The van der Waals surface area contributed by atoms with Gasteiger partial charge < -0.3 is 0 Å². The Labute approximate surface area is 66.8 Å². The van der Waals surface area contributed by atoms with Crippen molar-refractivity contribution in [2.24, 2.45) is 11.8 Å². The van der Waals surface area contributed by atoms with Gasteiger partial charge in [0.2, 0.25) is 6.43 Å². The van der Waals surface area contributed by atoms with Crippen LogP contribution in [0.4, 0.5) is 13.2 Å². The molecule has 0 aromatic carbocycles. The van der Waals surface area contributed by atoms with E-state index in [9.17, 15) is 13.2 Å². The van der Waals surface area contributed by atoms with Crippen molar-refractivity contribution in [3.63, 3.8) is 0 Å². The maximum atomic E-state index is 11.2. The lowest BCUT2D eigenvalue weighted by molar-refractivity contribution is 0.0955. The third-order valence-corrected chi connectivity index (χ3v) is 0.813. The van der Waals surface area contributed by atoms with Crippen LogP contribution in [-0.2, 0) is 0 Å². The second kappa shape index (κ2) is 7.89. The highest BCUT2D eigenvalue weighted by molar-refractivity contribution is 4.41. The van der Waals surface area contributed by atoms with E-state index in [1.54, 1.807) is 0 Å². The van der Waals surface area contributed by atoms with Gasteiger partial charge in [0.15, 0.2) is 0 Å². The first-order chi connectivity index (χ1) is 4.91. The predicted octanol–water partition coefficient (Wildman–Crippen LogP) is 3.52. The van der Waals surface area contributed by atoms with Crippen LogP contribution < -0.4 is 0 Å². The second-order valence-corrected chi connectivity index (χ2v) is 3.13. The summed E-state index contributed by atoms with van der Waals surface area (Å²) in [6.07, 6.45) is -2.15. The Hall–Kier alpha value is -0.210. The van der Waals surface area contributed by atoms with E-state index in [0.717, 1.165) is 0 Å². The van der Waals surface area contributed by atoms with Crippen LogP contribution in [0.25, 0.3) is 0 Å². The fourth-order valence-corrected chi connectivity index (χ4v) is 0. The van der Waals surface area contributed by atoms with Crippen molar-refractivity contribution in [1.82, 2.24) is 0 Å². The van der Waals surface area contributed by atoms with Gasteiger partial charge in [-0.2, -0.15) is 0 Å². The zero-order valence-corrected chi connectivity index (χ0v) is 7.57. The molecule has 0 aromatic rings. The highest BCUT2D eigenvalue weighted by atomic mass is 19.3. The fourth-order valence-electron chi connectivity index (χ4n) is 0. The van der Waals surface area contributed by atoms with Gasteiger partial charge in [0.1, 0.15) is 0 Å². The van der Waals surface area contributed by atoms with E-state index in [4.69, 9.17) is 0 Å². The van der Waals surface area contributed by atoms with E-state index < -0.39 is 12.3 Å². The molecule has 3 heteroatoms. The van der Waals surface area contributed by atoms with E-state index in [0.29, 0.717) is 0 Å². The van der Waals surface area contributed by atoms with Crippen LogP contribution >= 0.6 is 0 Å². The molecule has 0 aromatic heterocycles. The first-order valence-corrected chi connectivity index (χ1v) is 3.75. The average Bonchev–Trinajstić information content (AvgIpc) is 1.89. The van der Waals surface area contributed by atoms with Crippen molar-refractivity contribution in [3.05, 3.63) is 0 Å². The van der Waals surface area contributed by atoms with Gasteiger partial charge in [0.25, 0.3) is 0 Å². The van der Waals surface area contributed by atoms with Crippen LogP contribution in [0.3, 0.4) is 0 Å². The molecule has 0 nitrogen and oxygen atoms in total. The molecule has 0 saturated heterocycles. The Balaban J connectivity index is 0. The quantitative estimate of drug-likeness (QED) is 0.594. The summed E-state index contributed by atoms with van der Waals surface area (Å²) in [6.45, 7) is 6.48. The molecule has 0 rings (SSSR count). The Kier molecular flexibility index (Phi) is 9.60. The minimum Gasteiger partial charge on any atom is -0.251 e. The molecule has 0 radical (unpaired) electrons. The largest absolute Gasteiger partial charge is 0.251 e. The molecule has 0 fully saturated rings. The lowest BCUT2D eigenvalue weighted by atomic mass is 10.2. The third-order valence-electron chi connectivity index (χ3n) is 0.813. The highest BCUT2D eigenvalue weighted by Crippen LogP contribution is 2.04. The summed E-state index contributed by atoms with van der Waals surface area (Å²) >= 11 is 0. The summed E-state index contributed by atoms with van der Waals surface area (Å²) in [4.78, 5) is 0. The lowest BCUT2D eigenvalue weighted by Gasteiger charge is -1.97. The molecule has 0 N–H and O–H groups in total.